The molecule has 0 spiro atoms. The average Bonchev–Trinajstić information content (AvgIpc) is 2.65. The second-order valence-corrected chi connectivity index (χ2v) is 7.44. The summed E-state index contributed by atoms with van der Waals surface area (Å²) in [6.07, 6.45) is 7.26. The van der Waals surface area contributed by atoms with E-state index in [1.54, 1.807) is 0 Å². The van der Waals surface area contributed by atoms with E-state index < -0.39 is 0 Å². The molecule has 0 saturated heterocycles. The lowest BCUT2D eigenvalue weighted by atomic mass is 10.1. The molecule has 1 aliphatic rings. The zero-order chi connectivity index (χ0) is 16.3. The van der Waals surface area contributed by atoms with Gasteiger partial charge in [-0.05, 0) is 40.5 Å². The first kappa shape index (κ1) is 16.8. The average molecular weight is 306 g/mol. The number of carbonyl (C=O) groups excluding carboxylic acids is 1. The highest BCUT2D eigenvalue weighted by Crippen LogP contribution is 2.24. The molecule has 0 aromatic carbocycles. The van der Waals surface area contributed by atoms with Gasteiger partial charge in [0.25, 0.3) is 0 Å². The lowest BCUT2D eigenvalue weighted by Gasteiger charge is -2.28. The van der Waals surface area contributed by atoms with E-state index in [1.165, 1.54) is 25.7 Å². The van der Waals surface area contributed by atoms with E-state index in [1.807, 2.05) is 29.6 Å². The van der Waals surface area contributed by atoms with Crippen molar-refractivity contribution in [3.05, 3.63) is 11.8 Å². The Morgan fingerprint density at radius 1 is 1.27 bits per heavy atom. The van der Waals surface area contributed by atoms with Crippen LogP contribution in [0.4, 0.5) is 10.6 Å². The summed E-state index contributed by atoms with van der Waals surface area (Å²) in [6.45, 7) is 8.21. The van der Waals surface area contributed by atoms with Gasteiger partial charge >= 0.3 is 6.03 Å². The summed E-state index contributed by atoms with van der Waals surface area (Å²) in [5.74, 6) is 0.774. The molecule has 5 heteroatoms. The first-order valence-electron chi connectivity index (χ1n) is 8.40. The Hall–Kier alpha value is -1.52. The standard InChI is InChI=1S/C17H30N4O/c1-13-12-15(21(19-13)17(2,3)4)18-16(22)20(5)14-10-8-6-7-9-11-14/h12,14H,6-11H2,1-5H3,(H,18,22). The summed E-state index contributed by atoms with van der Waals surface area (Å²) < 4.78 is 1.89. The van der Waals surface area contributed by atoms with Crippen LogP contribution in [0.25, 0.3) is 0 Å². The lowest BCUT2D eigenvalue weighted by Crippen LogP contribution is -2.40. The predicted octanol–water partition coefficient (Wildman–Crippen LogP) is 4.13. The number of anilines is 1. The van der Waals surface area contributed by atoms with Crippen molar-refractivity contribution in [2.75, 3.05) is 12.4 Å². The van der Waals surface area contributed by atoms with Crippen LogP contribution in [0, 0.1) is 6.92 Å². The summed E-state index contributed by atoms with van der Waals surface area (Å²) in [4.78, 5) is 14.5. The largest absolute Gasteiger partial charge is 0.325 e. The highest BCUT2D eigenvalue weighted by Gasteiger charge is 2.24. The Balaban J connectivity index is 2.08. The van der Waals surface area contributed by atoms with Crippen LogP contribution in [0.15, 0.2) is 6.07 Å². The normalized spacial score (nSPS) is 17.1. The zero-order valence-electron chi connectivity index (χ0n) is 14.6. The Kier molecular flexibility index (Phi) is 5.14. The quantitative estimate of drug-likeness (QED) is 0.835. The van der Waals surface area contributed by atoms with E-state index in [9.17, 15) is 4.79 Å². The van der Waals surface area contributed by atoms with Gasteiger partial charge in [-0.15, -0.1) is 0 Å². The number of aryl methyl sites for hydroxylation is 1. The minimum atomic E-state index is -0.155. The van der Waals surface area contributed by atoms with Crippen molar-refractivity contribution in [3.8, 4) is 0 Å². The summed E-state index contributed by atoms with van der Waals surface area (Å²) in [7, 11) is 1.91. The number of amides is 2. The molecule has 1 aliphatic carbocycles. The van der Waals surface area contributed by atoms with Gasteiger partial charge in [-0.25, -0.2) is 9.48 Å². The molecule has 1 aromatic heterocycles. The fraction of sp³-hybridized carbons (Fsp3) is 0.765. The molecule has 2 amide bonds. The van der Waals surface area contributed by atoms with E-state index in [0.29, 0.717) is 6.04 Å². The summed E-state index contributed by atoms with van der Waals surface area (Å²) >= 11 is 0. The molecule has 124 valence electrons. The zero-order valence-corrected chi connectivity index (χ0v) is 14.6. The molecular weight excluding hydrogens is 276 g/mol. The Morgan fingerprint density at radius 3 is 2.41 bits per heavy atom. The molecule has 0 aliphatic heterocycles. The number of nitrogens with one attached hydrogen (secondary N) is 1. The van der Waals surface area contributed by atoms with Crippen LogP contribution < -0.4 is 5.32 Å². The monoisotopic (exact) mass is 306 g/mol. The van der Waals surface area contributed by atoms with E-state index in [4.69, 9.17) is 0 Å². The molecule has 0 atom stereocenters. The number of rotatable bonds is 2. The Morgan fingerprint density at radius 2 is 1.86 bits per heavy atom. The maximum atomic E-state index is 12.6. The summed E-state index contributed by atoms with van der Waals surface area (Å²) in [6, 6.07) is 2.26. The SMILES string of the molecule is Cc1cc(NC(=O)N(C)C2CCCCCC2)n(C(C)(C)C)n1. The van der Waals surface area contributed by atoms with Gasteiger partial charge in [-0.1, -0.05) is 25.7 Å². The van der Waals surface area contributed by atoms with Gasteiger partial charge in [-0.3, -0.25) is 5.32 Å². The second kappa shape index (κ2) is 6.71. The Bertz CT molecular complexity index is 507. The van der Waals surface area contributed by atoms with Gasteiger partial charge in [0.1, 0.15) is 5.82 Å². The van der Waals surface area contributed by atoms with Crippen LogP contribution in [-0.4, -0.2) is 33.8 Å². The molecule has 5 nitrogen and oxygen atoms in total. The number of carbonyl (C=O) groups is 1. The molecule has 1 N–H and O–H groups in total. The Labute approximate surface area is 134 Å². The fourth-order valence-electron chi connectivity index (χ4n) is 3.11. The number of hydrogen-bond donors (Lipinski definition) is 1. The number of hydrogen-bond acceptors (Lipinski definition) is 2. The summed E-state index contributed by atoms with van der Waals surface area (Å²) in [5, 5.41) is 7.55. The topological polar surface area (TPSA) is 50.2 Å². The van der Waals surface area contributed by atoms with Crippen molar-refractivity contribution in [1.29, 1.82) is 0 Å². The van der Waals surface area contributed by atoms with Crippen molar-refractivity contribution in [3.63, 3.8) is 0 Å². The van der Waals surface area contributed by atoms with Crippen molar-refractivity contribution in [2.24, 2.45) is 0 Å². The van der Waals surface area contributed by atoms with Crippen LogP contribution >= 0.6 is 0 Å². The summed E-state index contributed by atoms with van der Waals surface area (Å²) in [5.41, 5.74) is 0.764. The van der Waals surface area contributed by atoms with E-state index >= 15 is 0 Å². The van der Waals surface area contributed by atoms with Gasteiger partial charge in [0.05, 0.1) is 11.2 Å². The van der Waals surface area contributed by atoms with E-state index in [2.05, 4.69) is 31.2 Å². The molecule has 1 heterocycles. The van der Waals surface area contributed by atoms with Gasteiger partial charge in [0, 0.05) is 19.2 Å². The lowest BCUT2D eigenvalue weighted by molar-refractivity contribution is 0.197. The van der Waals surface area contributed by atoms with Crippen molar-refractivity contribution in [2.45, 2.75) is 77.8 Å². The molecule has 1 fully saturated rings. The third kappa shape index (κ3) is 4.02. The molecule has 22 heavy (non-hydrogen) atoms. The predicted molar refractivity (Wildman–Crippen MR) is 90.2 cm³/mol. The minimum Gasteiger partial charge on any atom is -0.325 e. The van der Waals surface area contributed by atoms with E-state index in [0.717, 1.165) is 24.4 Å². The van der Waals surface area contributed by atoms with Crippen LogP contribution in [0.1, 0.15) is 65.0 Å². The van der Waals surface area contributed by atoms with Crippen LogP contribution in [-0.2, 0) is 5.54 Å². The maximum Gasteiger partial charge on any atom is 0.322 e. The molecule has 1 saturated carbocycles. The number of nitrogens with zero attached hydrogens (tertiary/aromatic N) is 3. The maximum absolute atomic E-state index is 12.6. The second-order valence-electron chi connectivity index (χ2n) is 7.44. The first-order chi connectivity index (χ1) is 10.3. The molecular formula is C17H30N4O. The van der Waals surface area contributed by atoms with Crippen LogP contribution in [0.2, 0.25) is 0 Å². The smallest absolute Gasteiger partial charge is 0.322 e. The highest BCUT2D eigenvalue weighted by molar-refractivity contribution is 5.88. The van der Waals surface area contributed by atoms with Gasteiger partial charge < -0.3 is 4.90 Å². The fourth-order valence-corrected chi connectivity index (χ4v) is 3.11. The third-order valence-corrected chi connectivity index (χ3v) is 4.39. The van der Waals surface area contributed by atoms with Crippen molar-refractivity contribution < 1.29 is 4.79 Å². The van der Waals surface area contributed by atoms with Gasteiger partial charge in [-0.2, -0.15) is 5.10 Å². The molecule has 1 aromatic rings. The number of aromatic nitrogens is 2. The van der Waals surface area contributed by atoms with Gasteiger partial charge in [0.15, 0.2) is 0 Å². The molecule has 0 radical (unpaired) electrons. The van der Waals surface area contributed by atoms with Gasteiger partial charge in [0.2, 0.25) is 0 Å². The third-order valence-electron chi connectivity index (χ3n) is 4.39. The van der Waals surface area contributed by atoms with E-state index in [-0.39, 0.29) is 11.6 Å². The van der Waals surface area contributed by atoms with Crippen molar-refractivity contribution in [1.82, 2.24) is 14.7 Å². The molecule has 0 bridgehead atoms. The van der Waals surface area contributed by atoms with Crippen molar-refractivity contribution >= 4 is 11.8 Å². The first-order valence-corrected chi connectivity index (χ1v) is 8.40. The minimum absolute atomic E-state index is 0.0303. The molecule has 2 rings (SSSR count). The molecule has 0 unspecified atom stereocenters. The van der Waals surface area contributed by atoms with Crippen LogP contribution in [0.3, 0.4) is 0 Å². The van der Waals surface area contributed by atoms with Crippen LogP contribution in [0.5, 0.6) is 0 Å². The number of urea groups is 1. The highest BCUT2D eigenvalue weighted by atomic mass is 16.2.